The monoisotopic (exact) mass is 1470 g/mol. The number of aromatic amines is 1. The number of carbonyl (C=O) groups excluding carboxylic acids is 4. The third-order valence-corrected chi connectivity index (χ3v) is 19.3. The molecule has 0 spiro atoms. The molecule has 0 aliphatic carbocycles. The maximum absolute atomic E-state index is 12.8. The second-order valence-electron chi connectivity index (χ2n) is 26.4. The molecule has 10 aromatic carbocycles. The highest BCUT2D eigenvalue weighted by molar-refractivity contribution is 9.10. The number of anilines is 4. The number of halogens is 1. The Morgan fingerprint density at radius 3 is 1.02 bits per heavy atom. The van der Waals surface area contributed by atoms with E-state index in [2.05, 4.69) is 213 Å². The Bertz CT molecular complexity index is 5730. The molecule has 0 saturated carbocycles. The highest BCUT2D eigenvalue weighted by atomic mass is 79.9. The molecular weight excluding hydrogens is 1390 g/mol. The molecule has 0 aliphatic rings. The van der Waals surface area contributed by atoms with Gasteiger partial charge in [0, 0.05) is 88.2 Å². The number of para-hydroxylation sites is 5. The Labute approximate surface area is 628 Å². The smallest absolute Gasteiger partial charge is 0.259 e. The maximum Gasteiger partial charge on any atom is 0.259 e. The Balaban J connectivity index is 0.000000126. The zero-order chi connectivity index (χ0) is 74.5. The summed E-state index contributed by atoms with van der Waals surface area (Å²) in [6, 6.07) is 82.3. The van der Waals surface area contributed by atoms with Gasteiger partial charge in [0.25, 0.3) is 17.7 Å². The maximum atomic E-state index is 12.8. The number of aromatic nitrogens is 6. The Morgan fingerprint density at radius 1 is 0.383 bits per heavy atom. The third-order valence-electron chi connectivity index (χ3n) is 18.6. The van der Waals surface area contributed by atoms with Crippen molar-refractivity contribution in [1.29, 1.82) is 0 Å². The molecule has 6 aromatic heterocycles. The number of rotatable bonds is 16. The average molecular weight is 1470 g/mol. The second kappa shape index (κ2) is 33.0. The SMILES string of the molecule is Cc1ccc(Cn2cc(NC(=O)c3ccccc3Br)c3ccccc32)cc1.Cc1ccc(Cn2cc(NC(=O)c3ccoc3C)c3ccccc32)cc1.Cc1ccc(Cn2cc(NC(=O)c3cn[nH]c3C)c3ccccc32)cc1.[C-]#[N+]c1ccccc1C(=O)Nc1cn(Cc2ccc(C)cc2)c2ccccc12. The average Bonchev–Trinajstić information content (AvgIpc) is 1.67. The van der Waals surface area contributed by atoms with Crippen LogP contribution >= 0.6 is 15.9 Å². The summed E-state index contributed by atoms with van der Waals surface area (Å²) >= 11 is 3.45. The van der Waals surface area contributed by atoms with Gasteiger partial charge in [-0.1, -0.05) is 229 Å². The van der Waals surface area contributed by atoms with Gasteiger partial charge in [0.15, 0.2) is 5.69 Å². The zero-order valence-electron chi connectivity index (χ0n) is 60.1. The summed E-state index contributed by atoms with van der Waals surface area (Å²) in [7, 11) is 0. The minimum absolute atomic E-state index is 0.124. The molecule has 4 amide bonds. The van der Waals surface area contributed by atoms with Gasteiger partial charge >= 0.3 is 0 Å². The number of fused-ring (bicyclic) bond motifs is 4. The van der Waals surface area contributed by atoms with Gasteiger partial charge in [-0.05, 0) is 122 Å². The largest absolute Gasteiger partial charge is 0.469 e. The standard InChI is InChI=1S/C24H19N3O.C23H19BrN2O.C22H20N2O2.C21H20N4O/c1-17-11-13-18(14-12-17)15-27-16-22(19-7-4-6-10-23(19)27)26-24(28)20-8-3-5-9-21(20)25-2;1-16-10-12-17(13-11-16)14-26-15-21(19-7-3-5-9-22(19)26)25-23(27)18-6-2-4-8-20(18)24;1-15-7-9-17(10-8-15)13-24-14-20(19-5-3-4-6-21(19)24)23-22(25)18-11-12-26-16(18)2;1-14-7-9-16(10-8-14)12-25-13-19(17-5-3-4-6-20(17)25)23-21(26)18-11-22-24-15(18)2/h3-14,16H,15H2,1H3,(H,26,28);2-13,15H,14H2,1H3,(H,25,27);3-12,14H,13H2,1-2H3,(H,23,25);3-11,13H,12H2,1-2H3,(H,22,24)(H,23,26). The predicted octanol–water partition coefficient (Wildman–Crippen LogP) is 21.2. The van der Waals surface area contributed by atoms with E-state index in [1.54, 1.807) is 43.5 Å². The molecule has 0 saturated heterocycles. The van der Waals surface area contributed by atoms with Gasteiger partial charge in [0.05, 0.1) is 80.5 Å². The molecule has 16 aromatic rings. The van der Waals surface area contributed by atoms with E-state index in [0.717, 1.165) is 103 Å². The number of carbonyl (C=O) groups is 4. The second-order valence-corrected chi connectivity index (χ2v) is 27.3. The number of amides is 4. The molecule has 6 heterocycles. The van der Waals surface area contributed by atoms with Gasteiger partial charge in [-0.15, -0.1) is 0 Å². The molecule has 0 radical (unpaired) electrons. The van der Waals surface area contributed by atoms with Crippen LogP contribution in [0.4, 0.5) is 28.4 Å². The summed E-state index contributed by atoms with van der Waals surface area (Å²) in [6.45, 7) is 22.2. The van der Waals surface area contributed by atoms with Crippen molar-refractivity contribution in [3.05, 3.63) is 380 Å². The first kappa shape index (κ1) is 72.1. The van der Waals surface area contributed by atoms with Crippen LogP contribution in [0.15, 0.2) is 295 Å². The van der Waals surface area contributed by atoms with E-state index >= 15 is 0 Å². The van der Waals surface area contributed by atoms with Gasteiger partial charge in [0.1, 0.15) is 5.76 Å². The van der Waals surface area contributed by atoms with Crippen molar-refractivity contribution in [3.63, 3.8) is 0 Å². The van der Waals surface area contributed by atoms with Crippen LogP contribution in [0.2, 0.25) is 0 Å². The quantitative estimate of drug-likeness (QED) is 0.0600. The number of aryl methyl sites for hydroxylation is 6. The summed E-state index contributed by atoms with van der Waals surface area (Å²) in [5, 5.41) is 22.9. The minimum Gasteiger partial charge on any atom is -0.469 e. The molecule has 0 aliphatic heterocycles. The van der Waals surface area contributed by atoms with Gasteiger partial charge < -0.3 is 44.0 Å². The van der Waals surface area contributed by atoms with Crippen molar-refractivity contribution in [3.8, 4) is 0 Å². The Kier molecular flexibility index (Phi) is 22.2. The minimum atomic E-state index is -0.273. The number of nitrogens with zero attached hydrogens (tertiary/aromatic N) is 6. The highest BCUT2D eigenvalue weighted by Gasteiger charge is 2.20. The van der Waals surface area contributed by atoms with E-state index in [9.17, 15) is 19.2 Å². The molecule has 0 bridgehead atoms. The lowest BCUT2D eigenvalue weighted by molar-refractivity contribution is 0.101. The molecular formula is C90H78BrN11O5. The van der Waals surface area contributed by atoms with Gasteiger partial charge in [0.2, 0.25) is 5.91 Å². The highest BCUT2D eigenvalue weighted by Crippen LogP contribution is 2.33. The Morgan fingerprint density at radius 2 is 0.692 bits per heavy atom. The van der Waals surface area contributed by atoms with Crippen LogP contribution in [0, 0.1) is 48.1 Å². The first-order valence-corrected chi connectivity index (χ1v) is 35.8. The van der Waals surface area contributed by atoms with Crippen molar-refractivity contribution in [2.45, 2.75) is 67.7 Å². The fraction of sp³-hybridized carbons (Fsp3) is 0.111. The van der Waals surface area contributed by atoms with Crippen molar-refractivity contribution in [2.24, 2.45) is 0 Å². The fourth-order valence-corrected chi connectivity index (χ4v) is 13.3. The molecule has 16 nitrogen and oxygen atoms in total. The predicted molar refractivity (Wildman–Crippen MR) is 434 cm³/mol. The zero-order valence-corrected chi connectivity index (χ0v) is 61.7. The van der Waals surface area contributed by atoms with E-state index in [-0.39, 0.29) is 23.6 Å². The van der Waals surface area contributed by atoms with Crippen LogP contribution < -0.4 is 21.3 Å². The van der Waals surface area contributed by atoms with Crippen molar-refractivity contribution < 1.29 is 23.6 Å². The van der Waals surface area contributed by atoms with Crippen molar-refractivity contribution in [2.75, 3.05) is 21.3 Å². The van der Waals surface area contributed by atoms with Crippen LogP contribution in [-0.4, -0.2) is 52.1 Å². The van der Waals surface area contributed by atoms with Crippen LogP contribution in [-0.2, 0) is 26.2 Å². The fourth-order valence-electron chi connectivity index (χ4n) is 12.8. The molecule has 107 heavy (non-hydrogen) atoms. The lowest BCUT2D eigenvalue weighted by atomic mass is 10.1. The van der Waals surface area contributed by atoms with Crippen LogP contribution in [0.3, 0.4) is 0 Å². The van der Waals surface area contributed by atoms with Crippen LogP contribution in [0.25, 0.3) is 48.5 Å². The van der Waals surface area contributed by atoms with Gasteiger partial charge in [-0.3, -0.25) is 24.3 Å². The van der Waals surface area contributed by atoms with E-state index in [1.807, 2.05) is 135 Å². The Hall–Kier alpha value is -13.3. The molecule has 0 atom stereocenters. The number of furan rings is 1. The first-order valence-electron chi connectivity index (χ1n) is 35.0. The normalized spacial score (nSPS) is 10.9. The molecule has 0 fully saturated rings. The van der Waals surface area contributed by atoms with E-state index in [1.165, 1.54) is 50.8 Å². The number of hydrogen-bond donors (Lipinski definition) is 5. The number of H-pyrrole nitrogens is 1. The van der Waals surface area contributed by atoms with E-state index in [4.69, 9.17) is 11.0 Å². The van der Waals surface area contributed by atoms with Crippen LogP contribution in [0.1, 0.15) is 97.4 Å². The molecule has 17 heteroatoms. The molecule has 16 rings (SSSR count). The van der Waals surface area contributed by atoms with Crippen LogP contribution in [0.5, 0.6) is 0 Å². The third kappa shape index (κ3) is 17.2. The topological polar surface area (TPSA) is 182 Å². The molecule has 5 N–H and O–H groups in total. The molecule has 0 unspecified atom stereocenters. The summed E-state index contributed by atoms with van der Waals surface area (Å²) < 4.78 is 14.7. The number of benzene rings is 10. The van der Waals surface area contributed by atoms with Crippen molar-refractivity contribution in [1.82, 2.24) is 28.5 Å². The van der Waals surface area contributed by atoms with Gasteiger partial charge in [-0.2, -0.15) is 5.10 Å². The first-order chi connectivity index (χ1) is 52.0. The summed E-state index contributed by atoms with van der Waals surface area (Å²) in [5.74, 6) is -0.0968. The van der Waals surface area contributed by atoms with E-state index in [0.29, 0.717) is 33.7 Å². The lowest BCUT2D eigenvalue weighted by Crippen LogP contribution is -2.12. The summed E-state index contributed by atoms with van der Waals surface area (Å²) in [6.07, 6.45) is 11.1. The summed E-state index contributed by atoms with van der Waals surface area (Å²) in [5.41, 5.74) is 20.6. The van der Waals surface area contributed by atoms with Gasteiger partial charge in [-0.25, -0.2) is 4.85 Å². The lowest BCUT2D eigenvalue weighted by Gasteiger charge is -2.06. The number of hydrogen-bond acceptors (Lipinski definition) is 6. The van der Waals surface area contributed by atoms with E-state index < -0.39 is 0 Å². The van der Waals surface area contributed by atoms with Crippen molar-refractivity contribution >= 4 is 112 Å². The summed E-state index contributed by atoms with van der Waals surface area (Å²) in [4.78, 5) is 54.1. The molecule has 530 valence electrons. The number of nitrogens with one attached hydrogen (secondary N) is 5.